The first-order chi connectivity index (χ1) is 8.61. The fourth-order valence-corrected chi connectivity index (χ4v) is 2.63. The van der Waals surface area contributed by atoms with Gasteiger partial charge in [-0.05, 0) is 37.5 Å². The van der Waals surface area contributed by atoms with Gasteiger partial charge < -0.3 is 5.32 Å². The number of hydrogen-bond donors (Lipinski definition) is 1. The smallest absolute Gasteiger partial charge is 0.142 e. The van der Waals surface area contributed by atoms with Gasteiger partial charge in [0.25, 0.3) is 0 Å². The highest BCUT2D eigenvalue weighted by Gasteiger charge is 2.28. The Bertz CT molecular complexity index is 469. The summed E-state index contributed by atoms with van der Waals surface area (Å²) in [6, 6.07) is 7.41. The Morgan fingerprint density at radius 1 is 1.50 bits per heavy atom. The van der Waals surface area contributed by atoms with E-state index >= 15 is 0 Å². The zero-order chi connectivity index (χ0) is 13.1. The summed E-state index contributed by atoms with van der Waals surface area (Å²) in [6.45, 7) is 1.98. The maximum absolute atomic E-state index is 13.4. The first kappa shape index (κ1) is 13.3. The van der Waals surface area contributed by atoms with Gasteiger partial charge >= 0.3 is 0 Å². The number of nitriles is 1. The third-order valence-corrected chi connectivity index (χ3v) is 3.90. The van der Waals surface area contributed by atoms with Crippen LogP contribution >= 0.6 is 11.6 Å². The quantitative estimate of drug-likeness (QED) is 0.903. The second-order valence-electron chi connectivity index (χ2n) is 4.83. The van der Waals surface area contributed by atoms with Gasteiger partial charge in [-0.25, -0.2) is 4.39 Å². The third kappa shape index (κ3) is 2.82. The van der Waals surface area contributed by atoms with Gasteiger partial charge in [0.15, 0.2) is 0 Å². The van der Waals surface area contributed by atoms with Crippen LogP contribution in [0.3, 0.4) is 0 Å². The van der Waals surface area contributed by atoms with E-state index in [9.17, 15) is 4.39 Å². The Balaban J connectivity index is 2.05. The van der Waals surface area contributed by atoms with Gasteiger partial charge in [0.05, 0.1) is 17.0 Å². The topological polar surface area (TPSA) is 35.8 Å². The van der Waals surface area contributed by atoms with Crippen molar-refractivity contribution < 1.29 is 4.39 Å². The van der Waals surface area contributed by atoms with Crippen molar-refractivity contribution in [2.45, 2.75) is 38.3 Å². The van der Waals surface area contributed by atoms with Crippen LogP contribution in [0, 0.1) is 23.1 Å². The summed E-state index contributed by atoms with van der Waals surface area (Å²) in [4.78, 5) is 0. The molecule has 0 aromatic heterocycles. The molecular weight excluding hydrogens is 251 g/mol. The minimum absolute atomic E-state index is 0.0238. The molecular formula is C14H16ClFN2. The van der Waals surface area contributed by atoms with Crippen LogP contribution in [-0.4, -0.2) is 6.04 Å². The summed E-state index contributed by atoms with van der Waals surface area (Å²) in [5.74, 6) is -0.323. The predicted molar refractivity (Wildman–Crippen MR) is 69.7 cm³/mol. The first-order valence-corrected chi connectivity index (χ1v) is 6.60. The molecule has 3 unspecified atom stereocenters. The van der Waals surface area contributed by atoms with Gasteiger partial charge in [0.2, 0.25) is 0 Å². The largest absolute Gasteiger partial charge is 0.306 e. The Hall–Kier alpha value is -1.11. The molecule has 0 aliphatic heterocycles. The zero-order valence-corrected chi connectivity index (χ0v) is 11.0. The lowest BCUT2D eigenvalue weighted by Gasteiger charge is -2.22. The molecule has 1 aromatic carbocycles. The van der Waals surface area contributed by atoms with E-state index in [4.69, 9.17) is 16.9 Å². The van der Waals surface area contributed by atoms with E-state index in [-0.39, 0.29) is 23.0 Å². The van der Waals surface area contributed by atoms with Crippen LogP contribution in [0.1, 0.15) is 37.8 Å². The number of nitrogens with one attached hydrogen (secondary N) is 1. The molecule has 96 valence electrons. The summed E-state index contributed by atoms with van der Waals surface area (Å²) in [6.07, 6.45) is 3.05. The van der Waals surface area contributed by atoms with Crippen LogP contribution in [0.5, 0.6) is 0 Å². The highest BCUT2D eigenvalue weighted by atomic mass is 35.5. The molecule has 2 rings (SSSR count). The minimum atomic E-state index is -0.397. The monoisotopic (exact) mass is 266 g/mol. The van der Waals surface area contributed by atoms with Crippen LogP contribution < -0.4 is 5.32 Å². The molecule has 0 heterocycles. The molecule has 1 saturated carbocycles. The van der Waals surface area contributed by atoms with Crippen molar-refractivity contribution in [3.8, 4) is 6.07 Å². The number of nitrogens with zero attached hydrogens (tertiary/aromatic N) is 1. The highest BCUT2D eigenvalue weighted by molar-refractivity contribution is 6.30. The molecule has 4 heteroatoms. The number of rotatable bonds is 3. The van der Waals surface area contributed by atoms with Gasteiger partial charge in [-0.2, -0.15) is 5.26 Å². The number of halogens is 2. The molecule has 0 spiro atoms. The summed E-state index contributed by atoms with van der Waals surface area (Å²) in [5, 5.41) is 12.6. The average Bonchev–Trinajstić information content (AvgIpc) is 2.79. The van der Waals surface area contributed by atoms with Crippen LogP contribution in [0.15, 0.2) is 18.2 Å². The Morgan fingerprint density at radius 2 is 2.28 bits per heavy atom. The van der Waals surface area contributed by atoms with Crippen molar-refractivity contribution in [2.24, 2.45) is 5.92 Å². The van der Waals surface area contributed by atoms with Gasteiger partial charge in [-0.1, -0.05) is 24.1 Å². The van der Waals surface area contributed by atoms with Crippen molar-refractivity contribution in [2.75, 3.05) is 0 Å². The van der Waals surface area contributed by atoms with E-state index in [1.807, 2.05) is 13.0 Å². The SMILES string of the molecule is CC(NC1CCCC1C#N)c1ccc(Cl)c(F)c1. The molecule has 1 aliphatic rings. The molecule has 0 amide bonds. The van der Waals surface area contributed by atoms with Crippen molar-refractivity contribution in [3.63, 3.8) is 0 Å². The van der Waals surface area contributed by atoms with E-state index in [1.54, 1.807) is 6.07 Å². The molecule has 1 aromatic rings. The van der Waals surface area contributed by atoms with Gasteiger partial charge in [0, 0.05) is 12.1 Å². The molecule has 1 aliphatic carbocycles. The van der Waals surface area contributed by atoms with Crippen molar-refractivity contribution >= 4 is 11.6 Å². The maximum atomic E-state index is 13.4. The minimum Gasteiger partial charge on any atom is -0.306 e. The van der Waals surface area contributed by atoms with E-state index < -0.39 is 5.82 Å². The fraction of sp³-hybridized carbons (Fsp3) is 0.500. The fourth-order valence-electron chi connectivity index (χ4n) is 2.51. The lowest BCUT2D eigenvalue weighted by Crippen LogP contribution is -2.33. The first-order valence-electron chi connectivity index (χ1n) is 6.22. The zero-order valence-electron chi connectivity index (χ0n) is 10.3. The third-order valence-electron chi connectivity index (χ3n) is 3.59. The van der Waals surface area contributed by atoms with E-state index in [2.05, 4.69) is 11.4 Å². The number of benzene rings is 1. The van der Waals surface area contributed by atoms with E-state index in [1.165, 1.54) is 6.07 Å². The van der Waals surface area contributed by atoms with Crippen LogP contribution in [0.25, 0.3) is 0 Å². The number of hydrogen-bond acceptors (Lipinski definition) is 2. The Labute approximate surface area is 112 Å². The second-order valence-corrected chi connectivity index (χ2v) is 5.24. The maximum Gasteiger partial charge on any atom is 0.142 e. The molecule has 3 atom stereocenters. The van der Waals surface area contributed by atoms with Crippen molar-refractivity contribution in [3.05, 3.63) is 34.6 Å². The second kappa shape index (κ2) is 5.69. The normalized spacial score (nSPS) is 24.8. The van der Waals surface area contributed by atoms with Gasteiger partial charge in [0.1, 0.15) is 5.82 Å². The molecule has 1 N–H and O–H groups in total. The van der Waals surface area contributed by atoms with E-state index in [0.29, 0.717) is 0 Å². The lowest BCUT2D eigenvalue weighted by molar-refractivity contribution is 0.416. The van der Waals surface area contributed by atoms with Crippen LogP contribution in [0.2, 0.25) is 5.02 Å². The molecule has 0 bridgehead atoms. The molecule has 1 fully saturated rings. The van der Waals surface area contributed by atoms with Crippen LogP contribution in [-0.2, 0) is 0 Å². The molecule has 18 heavy (non-hydrogen) atoms. The van der Waals surface area contributed by atoms with Gasteiger partial charge in [-0.3, -0.25) is 0 Å². The summed E-state index contributed by atoms with van der Waals surface area (Å²) < 4.78 is 13.4. The highest BCUT2D eigenvalue weighted by Crippen LogP contribution is 2.28. The Morgan fingerprint density at radius 3 is 2.94 bits per heavy atom. The Kier molecular flexibility index (Phi) is 4.21. The molecule has 2 nitrogen and oxygen atoms in total. The summed E-state index contributed by atoms with van der Waals surface area (Å²) in [7, 11) is 0. The summed E-state index contributed by atoms with van der Waals surface area (Å²) in [5.41, 5.74) is 0.862. The average molecular weight is 267 g/mol. The van der Waals surface area contributed by atoms with Crippen molar-refractivity contribution in [1.82, 2.24) is 5.32 Å². The standard InChI is InChI=1S/C14H16ClFN2/c1-9(10-5-6-12(15)13(16)7-10)18-14-4-2-3-11(14)8-17/h5-7,9,11,14,18H,2-4H2,1H3. The molecule has 0 saturated heterocycles. The van der Waals surface area contributed by atoms with E-state index in [0.717, 1.165) is 24.8 Å². The predicted octanol–water partition coefficient (Wildman–Crippen LogP) is 3.82. The van der Waals surface area contributed by atoms with Crippen LogP contribution in [0.4, 0.5) is 4.39 Å². The van der Waals surface area contributed by atoms with Crippen molar-refractivity contribution in [1.29, 1.82) is 5.26 Å². The molecule has 0 radical (unpaired) electrons. The van der Waals surface area contributed by atoms with Gasteiger partial charge in [-0.15, -0.1) is 0 Å². The lowest BCUT2D eigenvalue weighted by atomic mass is 10.0. The summed E-state index contributed by atoms with van der Waals surface area (Å²) >= 11 is 5.66.